The minimum absolute atomic E-state index is 0. The molecule has 0 amide bonds. The Labute approximate surface area is 162 Å². The normalized spacial score (nSPS) is 20.0. The molecule has 3 aromatic rings. The molecule has 3 aromatic carbocycles. The number of rotatable bonds is 2. The lowest BCUT2D eigenvalue weighted by Crippen LogP contribution is -3.00. The molecule has 0 bridgehead atoms. The summed E-state index contributed by atoms with van der Waals surface area (Å²) in [5.74, 6) is 0. The van der Waals surface area contributed by atoms with E-state index in [1.165, 1.54) is 41.8 Å². The monoisotopic (exact) mass is 379 g/mol. The van der Waals surface area contributed by atoms with E-state index in [0.29, 0.717) is 6.04 Å². The molecule has 1 saturated heterocycles. The fourth-order valence-corrected chi connectivity index (χ4v) is 9.57. The summed E-state index contributed by atoms with van der Waals surface area (Å²) in [7, 11) is -1.60. The van der Waals surface area contributed by atoms with Gasteiger partial charge in [0.2, 0.25) is 0 Å². The molecule has 5 rings (SSSR count). The maximum atomic E-state index is 2.68. The Hall–Kier alpha value is -1.82. The first-order valence-corrected chi connectivity index (χ1v) is 11.2. The van der Waals surface area contributed by atoms with Gasteiger partial charge in [-0.25, -0.2) is 0 Å². The van der Waals surface area contributed by atoms with Crippen molar-refractivity contribution in [3.63, 3.8) is 0 Å². The molecule has 0 aliphatic carbocycles. The number of para-hydroxylation sites is 1. The van der Waals surface area contributed by atoms with Gasteiger partial charge < -0.3 is 17.3 Å². The van der Waals surface area contributed by atoms with Crippen LogP contribution in [0.4, 0.5) is 5.69 Å². The van der Waals surface area contributed by atoms with E-state index in [2.05, 4.69) is 89.8 Å². The summed E-state index contributed by atoms with van der Waals surface area (Å²) in [6.07, 6.45) is 3.93. The number of hydrogen-bond donors (Lipinski definition) is 0. The van der Waals surface area contributed by atoms with E-state index < -0.39 is 7.26 Å². The van der Waals surface area contributed by atoms with Gasteiger partial charge in [-0.15, -0.1) is 0 Å². The minimum Gasteiger partial charge on any atom is -1.00 e. The zero-order valence-corrected chi connectivity index (χ0v) is 16.4. The Balaban J connectivity index is 0.00000168. The molecule has 1 nitrogen and oxygen atoms in total. The van der Waals surface area contributed by atoms with E-state index in [9.17, 15) is 0 Å². The number of hydrogen-bond acceptors (Lipinski definition) is 1. The Kier molecular flexibility index (Phi) is 4.78. The molecular formula is C23H23ClNP. The van der Waals surface area contributed by atoms with E-state index in [1.807, 2.05) is 0 Å². The standard InChI is InChI=1S/C23H23NP.ClH/c1-3-11-20(12-4-1)25(21-13-5-2-6-14-21)18-19-10-9-17-24(19)22-15-7-8-16-23(22)25;/h1-8,11-16,19H,9-10,17-18H2;1H/q+1;/p-1/t19-;/m0./s1. The predicted molar refractivity (Wildman–Crippen MR) is 110 cm³/mol. The molecule has 0 radical (unpaired) electrons. The van der Waals surface area contributed by atoms with Gasteiger partial charge in [-0.1, -0.05) is 48.5 Å². The van der Waals surface area contributed by atoms with Crippen molar-refractivity contribution in [2.24, 2.45) is 0 Å². The highest BCUT2D eigenvalue weighted by Gasteiger charge is 2.54. The van der Waals surface area contributed by atoms with E-state index >= 15 is 0 Å². The van der Waals surface area contributed by atoms with Gasteiger partial charge in [0.05, 0.1) is 17.9 Å². The Morgan fingerprint density at radius 3 is 1.96 bits per heavy atom. The van der Waals surface area contributed by atoms with Crippen LogP contribution in [-0.4, -0.2) is 18.7 Å². The van der Waals surface area contributed by atoms with Gasteiger partial charge in [0.15, 0.2) is 0 Å². The number of nitrogens with zero attached hydrogens (tertiary/aromatic N) is 1. The quantitative estimate of drug-likeness (QED) is 0.600. The van der Waals surface area contributed by atoms with Gasteiger partial charge in [0.1, 0.15) is 23.2 Å². The number of anilines is 1. The molecular weight excluding hydrogens is 357 g/mol. The third-order valence-corrected chi connectivity index (χ3v) is 10.4. The van der Waals surface area contributed by atoms with Crippen LogP contribution in [0.5, 0.6) is 0 Å². The highest BCUT2D eigenvalue weighted by Crippen LogP contribution is 2.61. The van der Waals surface area contributed by atoms with Crippen LogP contribution < -0.4 is 33.2 Å². The van der Waals surface area contributed by atoms with E-state index in [1.54, 1.807) is 5.30 Å². The lowest BCUT2D eigenvalue weighted by molar-refractivity contribution is -0.00000479. The summed E-state index contributed by atoms with van der Waals surface area (Å²) in [5, 5.41) is 4.63. The van der Waals surface area contributed by atoms with Crippen molar-refractivity contribution >= 4 is 28.9 Å². The number of halogens is 1. The Morgan fingerprint density at radius 1 is 0.731 bits per heavy atom. The molecule has 0 unspecified atom stereocenters. The maximum Gasteiger partial charge on any atom is 0.128 e. The smallest absolute Gasteiger partial charge is 0.128 e. The SMILES string of the molecule is [Cl-].c1ccc([P+]2(c3ccccc3)C[C@@H]3CCCN3c3ccccc32)cc1. The second-order valence-electron chi connectivity index (χ2n) is 7.14. The van der Waals surface area contributed by atoms with E-state index in [0.717, 1.165) is 0 Å². The molecule has 26 heavy (non-hydrogen) atoms. The van der Waals surface area contributed by atoms with Crippen LogP contribution in [-0.2, 0) is 0 Å². The third-order valence-electron chi connectivity index (χ3n) is 5.86. The van der Waals surface area contributed by atoms with Crippen LogP contribution >= 0.6 is 7.26 Å². The molecule has 0 spiro atoms. The third kappa shape index (κ3) is 2.57. The summed E-state index contributed by atoms with van der Waals surface area (Å²) in [4.78, 5) is 2.68. The first-order valence-electron chi connectivity index (χ1n) is 9.25. The van der Waals surface area contributed by atoms with Crippen molar-refractivity contribution in [1.82, 2.24) is 0 Å². The molecule has 2 heterocycles. The first kappa shape index (κ1) is 17.6. The molecule has 1 atom stereocenters. The van der Waals surface area contributed by atoms with Crippen molar-refractivity contribution in [2.45, 2.75) is 18.9 Å². The lowest BCUT2D eigenvalue weighted by atomic mass is 10.2. The van der Waals surface area contributed by atoms with Crippen LogP contribution in [0.1, 0.15) is 12.8 Å². The molecule has 1 fully saturated rings. The molecule has 132 valence electrons. The molecule has 0 aromatic heterocycles. The summed E-state index contributed by atoms with van der Waals surface area (Å²) in [6.45, 7) is 1.21. The van der Waals surface area contributed by atoms with Crippen LogP contribution in [0.3, 0.4) is 0 Å². The number of fused-ring (bicyclic) bond motifs is 3. The molecule has 2 aliphatic rings. The van der Waals surface area contributed by atoms with Crippen LogP contribution in [0, 0.1) is 0 Å². The first-order chi connectivity index (χ1) is 12.4. The maximum absolute atomic E-state index is 2.68. The fourth-order valence-electron chi connectivity index (χ4n) is 4.79. The van der Waals surface area contributed by atoms with E-state index in [4.69, 9.17) is 0 Å². The highest BCUT2D eigenvalue weighted by molar-refractivity contribution is 7.96. The zero-order chi connectivity index (χ0) is 16.7. The Morgan fingerprint density at radius 2 is 1.31 bits per heavy atom. The fraction of sp³-hybridized carbons (Fsp3) is 0.217. The van der Waals surface area contributed by atoms with Gasteiger partial charge in [-0.3, -0.25) is 0 Å². The number of benzene rings is 3. The van der Waals surface area contributed by atoms with Crippen LogP contribution in [0.15, 0.2) is 84.9 Å². The van der Waals surface area contributed by atoms with E-state index in [-0.39, 0.29) is 12.4 Å². The molecule has 0 saturated carbocycles. The topological polar surface area (TPSA) is 3.24 Å². The van der Waals surface area contributed by atoms with Gasteiger partial charge in [-0.05, 0) is 49.2 Å². The summed E-state index contributed by atoms with van der Waals surface area (Å²) < 4.78 is 0. The lowest BCUT2D eigenvalue weighted by Gasteiger charge is -2.40. The van der Waals surface area contributed by atoms with Crippen molar-refractivity contribution < 1.29 is 12.4 Å². The van der Waals surface area contributed by atoms with Gasteiger partial charge in [0.25, 0.3) is 0 Å². The van der Waals surface area contributed by atoms with Gasteiger partial charge in [0, 0.05) is 6.54 Å². The molecule has 0 N–H and O–H groups in total. The summed E-state index contributed by atoms with van der Waals surface area (Å²) in [6, 6.07) is 32.5. The zero-order valence-electron chi connectivity index (χ0n) is 14.8. The van der Waals surface area contributed by atoms with Crippen molar-refractivity contribution in [3.05, 3.63) is 84.9 Å². The van der Waals surface area contributed by atoms with Crippen molar-refractivity contribution in [1.29, 1.82) is 0 Å². The summed E-state index contributed by atoms with van der Waals surface area (Å²) >= 11 is 0. The predicted octanol–water partition coefficient (Wildman–Crippen LogP) is 0.967. The molecule has 3 heteroatoms. The largest absolute Gasteiger partial charge is 1.00 e. The highest BCUT2D eigenvalue weighted by atomic mass is 35.5. The van der Waals surface area contributed by atoms with Crippen LogP contribution in [0.2, 0.25) is 0 Å². The molecule has 2 aliphatic heterocycles. The van der Waals surface area contributed by atoms with Crippen molar-refractivity contribution in [2.75, 3.05) is 17.6 Å². The average Bonchev–Trinajstić information content (AvgIpc) is 3.17. The van der Waals surface area contributed by atoms with Crippen molar-refractivity contribution in [3.8, 4) is 0 Å². The Bertz CT molecular complexity index is 841. The second kappa shape index (κ2) is 7.06. The second-order valence-corrected chi connectivity index (χ2v) is 10.6. The van der Waals surface area contributed by atoms with Crippen LogP contribution in [0.25, 0.3) is 0 Å². The summed E-state index contributed by atoms with van der Waals surface area (Å²) in [5.41, 5.74) is 1.48. The minimum atomic E-state index is -1.60. The van der Waals surface area contributed by atoms with Gasteiger partial charge in [-0.2, -0.15) is 0 Å². The average molecular weight is 380 g/mol. The van der Waals surface area contributed by atoms with Gasteiger partial charge >= 0.3 is 0 Å².